The van der Waals surface area contributed by atoms with E-state index < -0.39 is 0 Å². The molecule has 2 N–H and O–H groups in total. The molecule has 3 heteroatoms. The van der Waals surface area contributed by atoms with Crippen LogP contribution in [0.1, 0.15) is 25.7 Å². The van der Waals surface area contributed by atoms with Crippen LogP contribution in [-0.4, -0.2) is 13.2 Å². The molecule has 1 aliphatic rings. The van der Waals surface area contributed by atoms with Crippen molar-refractivity contribution in [3.63, 3.8) is 0 Å². The van der Waals surface area contributed by atoms with E-state index in [1.807, 2.05) is 0 Å². The van der Waals surface area contributed by atoms with E-state index >= 15 is 0 Å². The Morgan fingerprint density at radius 3 is 2.83 bits per heavy atom. The highest BCUT2D eigenvalue weighted by Gasteiger charge is 2.21. The fourth-order valence-electron chi connectivity index (χ4n) is 1.92. The molecule has 3 nitrogen and oxygen atoms in total. The third-order valence-electron chi connectivity index (χ3n) is 2.61. The molecule has 1 saturated carbocycles. The molecule has 0 heterocycles. The molecule has 0 aliphatic heterocycles. The Morgan fingerprint density at radius 2 is 2.17 bits per heavy atom. The van der Waals surface area contributed by atoms with Gasteiger partial charge in [-0.2, -0.15) is 5.26 Å². The number of rotatable bonds is 3. The van der Waals surface area contributed by atoms with Crippen LogP contribution in [0, 0.1) is 23.4 Å². The molecule has 0 aromatic rings. The Balaban J connectivity index is 2.22. The van der Waals surface area contributed by atoms with Gasteiger partial charge < -0.3 is 10.5 Å². The molecule has 2 atom stereocenters. The van der Waals surface area contributed by atoms with Crippen LogP contribution < -0.4 is 5.73 Å². The van der Waals surface area contributed by atoms with E-state index in [9.17, 15) is 0 Å². The normalized spacial score (nSPS) is 29.3. The predicted octanol–water partition coefficient (Wildman–Crippen LogP) is 1.25. The van der Waals surface area contributed by atoms with Gasteiger partial charge >= 0.3 is 0 Å². The Hall–Kier alpha value is -0.750. The monoisotopic (exact) mass is 168 g/mol. The second-order valence-corrected chi connectivity index (χ2v) is 3.54. The van der Waals surface area contributed by atoms with Crippen LogP contribution >= 0.6 is 0 Å². The highest BCUT2D eigenvalue weighted by atomic mass is 16.5. The van der Waals surface area contributed by atoms with Gasteiger partial charge in [0.15, 0.2) is 0 Å². The van der Waals surface area contributed by atoms with Crippen molar-refractivity contribution in [3.05, 3.63) is 0 Å². The molecule has 1 fully saturated rings. The topological polar surface area (TPSA) is 59.0 Å². The number of nitrogens with two attached hydrogens (primary N) is 1. The van der Waals surface area contributed by atoms with Gasteiger partial charge in [0.25, 0.3) is 6.26 Å². The van der Waals surface area contributed by atoms with Crippen molar-refractivity contribution in [1.82, 2.24) is 0 Å². The van der Waals surface area contributed by atoms with Gasteiger partial charge in [0.2, 0.25) is 0 Å². The van der Waals surface area contributed by atoms with Crippen LogP contribution in [0.2, 0.25) is 0 Å². The second-order valence-electron chi connectivity index (χ2n) is 3.54. The molecule has 12 heavy (non-hydrogen) atoms. The molecule has 0 aromatic heterocycles. The molecular weight excluding hydrogens is 152 g/mol. The standard InChI is InChI=1S/C9H16N2O/c10-5-8-2-1-3-9(4-8)6-12-7-11/h8-9H,1-6,10H2. The van der Waals surface area contributed by atoms with E-state index in [4.69, 9.17) is 15.7 Å². The molecule has 0 aromatic carbocycles. The molecule has 0 spiro atoms. The van der Waals surface area contributed by atoms with Crippen LogP contribution in [0.5, 0.6) is 0 Å². The van der Waals surface area contributed by atoms with Crippen molar-refractivity contribution in [2.75, 3.05) is 13.2 Å². The van der Waals surface area contributed by atoms with Crippen molar-refractivity contribution in [3.8, 4) is 6.26 Å². The first kappa shape index (κ1) is 9.34. The summed E-state index contributed by atoms with van der Waals surface area (Å²) in [6.07, 6.45) is 6.53. The first-order valence-corrected chi connectivity index (χ1v) is 4.57. The average Bonchev–Trinajstić information content (AvgIpc) is 2.15. The number of nitriles is 1. The summed E-state index contributed by atoms with van der Waals surface area (Å²) < 4.78 is 4.73. The Bertz CT molecular complexity index is 164. The van der Waals surface area contributed by atoms with E-state index in [0.717, 1.165) is 13.0 Å². The molecule has 1 aliphatic carbocycles. The first-order valence-electron chi connectivity index (χ1n) is 4.57. The summed E-state index contributed by atoms with van der Waals surface area (Å²) in [5.74, 6) is 1.22. The molecular formula is C9H16N2O. The summed E-state index contributed by atoms with van der Waals surface area (Å²) in [4.78, 5) is 0. The zero-order chi connectivity index (χ0) is 8.81. The summed E-state index contributed by atoms with van der Waals surface area (Å²) in [6.45, 7) is 1.37. The van der Waals surface area contributed by atoms with Gasteiger partial charge in [-0.15, -0.1) is 0 Å². The minimum Gasteiger partial charge on any atom is -0.427 e. The third kappa shape index (κ3) is 2.71. The number of nitrogens with zero attached hydrogens (tertiary/aromatic N) is 1. The second kappa shape index (κ2) is 5.00. The predicted molar refractivity (Wildman–Crippen MR) is 46.1 cm³/mol. The minimum atomic E-state index is 0.562. The van der Waals surface area contributed by atoms with Gasteiger partial charge in [0.05, 0.1) is 0 Å². The lowest BCUT2D eigenvalue weighted by Crippen LogP contribution is -2.24. The fraction of sp³-hybridized carbons (Fsp3) is 0.889. The van der Waals surface area contributed by atoms with Crippen LogP contribution in [0.15, 0.2) is 0 Å². The largest absolute Gasteiger partial charge is 0.427 e. The fourth-order valence-corrected chi connectivity index (χ4v) is 1.92. The maximum Gasteiger partial charge on any atom is 0.286 e. The van der Waals surface area contributed by atoms with Crippen molar-refractivity contribution in [1.29, 1.82) is 5.26 Å². The highest BCUT2D eigenvalue weighted by Crippen LogP contribution is 2.28. The van der Waals surface area contributed by atoms with Gasteiger partial charge in [-0.05, 0) is 37.6 Å². The van der Waals surface area contributed by atoms with E-state index in [0.29, 0.717) is 18.4 Å². The zero-order valence-corrected chi connectivity index (χ0v) is 7.33. The van der Waals surface area contributed by atoms with Crippen LogP contribution in [0.25, 0.3) is 0 Å². The lowest BCUT2D eigenvalue weighted by atomic mass is 9.82. The summed E-state index contributed by atoms with van der Waals surface area (Å²) in [7, 11) is 0. The SMILES string of the molecule is N#COCC1CCCC(CN)C1. The molecule has 0 radical (unpaired) electrons. The van der Waals surface area contributed by atoms with E-state index in [1.165, 1.54) is 19.3 Å². The van der Waals surface area contributed by atoms with Gasteiger partial charge in [-0.25, -0.2) is 0 Å². The molecule has 0 saturated heterocycles. The van der Waals surface area contributed by atoms with E-state index in [-0.39, 0.29) is 0 Å². The third-order valence-corrected chi connectivity index (χ3v) is 2.61. The van der Waals surface area contributed by atoms with Crippen molar-refractivity contribution in [2.45, 2.75) is 25.7 Å². The summed E-state index contributed by atoms with van der Waals surface area (Å²) in [5, 5.41) is 8.22. The van der Waals surface area contributed by atoms with Gasteiger partial charge in [-0.3, -0.25) is 0 Å². The van der Waals surface area contributed by atoms with Crippen LogP contribution in [-0.2, 0) is 4.74 Å². The number of hydrogen-bond donors (Lipinski definition) is 1. The van der Waals surface area contributed by atoms with Crippen molar-refractivity contribution in [2.24, 2.45) is 17.6 Å². The number of hydrogen-bond acceptors (Lipinski definition) is 3. The zero-order valence-electron chi connectivity index (χ0n) is 7.33. The first-order chi connectivity index (χ1) is 5.86. The quantitative estimate of drug-likeness (QED) is 0.645. The minimum absolute atomic E-state index is 0.562. The maximum atomic E-state index is 8.22. The lowest BCUT2D eigenvalue weighted by Gasteiger charge is -2.26. The molecule has 0 bridgehead atoms. The molecule has 1 rings (SSSR count). The molecule has 0 amide bonds. The van der Waals surface area contributed by atoms with Crippen LogP contribution in [0.3, 0.4) is 0 Å². The molecule has 2 unspecified atom stereocenters. The number of ether oxygens (including phenoxy) is 1. The van der Waals surface area contributed by atoms with Crippen molar-refractivity contribution < 1.29 is 4.74 Å². The van der Waals surface area contributed by atoms with Crippen molar-refractivity contribution >= 4 is 0 Å². The van der Waals surface area contributed by atoms with Gasteiger partial charge in [0, 0.05) is 0 Å². The smallest absolute Gasteiger partial charge is 0.286 e. The summed E-state index contributed by atoms with van der Waals surface area (Å²) in [6, 6.07) is 0. The van der Waals surface area contributed by atoms with Gasteiger partial charge in [0.1, 0.15) is 6.61 Å². The van der Waals surface area contributed by atoms with E-state index in [2.05, 4.69) is 0 Å². The van der Waals surface area contributed by atoms with Gasteiger partial charge in [-0.1, -0.05) is 6.42 Å². The maximum absolute atomic E-state index is 8.22. The highest BCUT2D eigenvalue weighted by molar-refractivity contribution is 4.74. The summed E-state index contributed by atoms with van der Waals surface area (Å²) >= 11 is 0. The average molecular weight is 168 g/mol. The summed E-state index contributed by atoms with van der Waals surface area (Å²) in [5.41, 5.74) is 5.59. The Labute approximate surface area is 73.5 Å². The van der Waals surface area contributed by atoms with E-state index in [1.54, 1.807) is 6.26 Å². The lowest BCUT2D eigenvalue weighted by molar-refractivity contribution is 0.155. The van der Waals surface area contributed by atoms with Crippen LogP contribution in [0.4, 0.5) is 0 Å². The Morgan fingerprint density at radius 1 is 1.42 bits per heavy atom. The Kier molecular flexibility index (Phi) is 3.89. The molecule has 68 valence electrons.